The third-order valence-electron chi connectivity index (χ3n) is 6.30. The molecule has 8 heteroatoms. The van der Waals surface area contributed by atoms with Gasteiger partial charge in [0, 0.05) is 59.4 Å². The molecule has 1 aromatic carbocycles. The Hall–Kier alpha value is -1.36. The van der Waals surface area contributed by atoms with Gasteiger partial charge in [0.1, 0.15) is 0 Å². The summed E-state index contributed by atoms with van der Waals surface area (Å²) in [7, 11) is 4.11. The Kier molecular flexibility index (Phi) is 10.1. The fraction of sp³-hybridized carbons (Fsp3) is 0.542. The zero-order valence-corrected chi connectivity index (χ0v) is 22.5. The Morgan fingerprint density at radius 3 is 2.38 bits per heavy atom. The van der Waals surface area contributed by atoms with Crippen molar-refractivity contribution in [1.82, 2.24) is 20.0 Å². The van der Waals surface area contributed by atoms with E-state index >= 15 is 0 Å². The number of likely N-dealkylation sites (N-methyl/N-ethyl adjacent to an activating group) is 1. The van der Waals surface area contributed by atoms with Gasteiger partial charge >= 0.3 is 0 Å². The highest BCUT2D eigenvalue weighted by atomic mass is 127. The van der Waals surface area contributed by atoms with Gasteiger partial charge in [0.2, 0.25) is 0 Å². The maximum Gasteiger partial charge on any atom is 0.194 e. The summed E-state index contributed by atoms with van der Waals surface area (Å²) in [6, 6.07) is 13.4. The Labute approximate surface area is 214 Å². The third kappa shape index (κ3) is 7.07. The largest absolute Gasteiger partial charge is 0.360 e. The van der Waals surface area contributed by atoms with Crippen molar-refractivity contribution in [3.05, 3.63) is 52.9 Å². The highest BCUT2D eigenvalue weighted by Crippen LogP contribution is 2.22. The molecule has 0 radical (unpaired) electrons. The number of nitrogens with zero attached hydrogens (tertiary/aromatic N) is 5. The summed E-state index contributed by atoms with van der Waals surface area (Å²) >= 11 is 1.82. The second-order valence-electron chi connectivity index (χ2n) is 8.58. The monoisotopic (exact) mass is 568 g/mol. The highest BCUT2D eigenvalue weighted by Gasteiger charge is 2.20. The zero-order valence-electron chi connectivity index (χ0n) is 19.4. The van der Waals surface area contributed by atoms with Crippen LogP contribution in [0.1, 0.15) is 17.5 Å². The van der Waals surface area contributed by atoms with Gasteiger partial charge in [-0.3, -0.25) is 9.89 Å². The summed E-state index contributed by atoms with van der Waals surface area (Å²) in [5.41, 5.74) is 2.71. The summed E-state index contributed by atoms with van der Waals surface area (Å²) < 4.78 is 0. The maximum absolute atomic E-state index is 4.53. The van der Waals surface area contributed by atoms with Gasteiger partial charge in [0.25, 0.3) is 0 Å². The number of hydrogen-bond donors (Lipinski definition) is 1. The van der Waals surface area contributed by atoms with Crippen molar-refractivity contribution in [3.8, 4) is 0 Å². The van der Waals surface area contributed by atoms with Crippen molar-refractivity contribution in [2.45, 2.75) is 19.5 Å². The number of guanidine groups is 1. The Morgan fingerprint density at radius 1 is 0.938 bits per heavy atom. The summed E-state index contributed by atoms with van der Waals surface area (Å²) in [5, 5.41) is 7.09. The van der Waals surface area contributed by atoms with Crippen LogP contribution in [0.25, 0.3) is 0 Å². The molecule has 0 bridgehead atoms. The molecule has 32 heavy (non-hydrogen) atoms. The molecule has 1 N–H and O–H groups in total. The second-order valence-corrected chi connectivity index (χ2v) is 9.50. The van der Waals surface area contributed by atoms with Crippen molar-refractivity contribution in [3.63, 3.8) is 0 Å². The quantitative estimate of drug-likeness (QED) is 0.340. The SMILES string of the molecule is CN=C(NCc1ccc(CN2CCCN(C)CC2)cc1)N1CCN(c2cccs2)CC1.I. The molecule has 0 aliphatic carbocycles. The zero-order chi connectivity index (χ0) is 21.5. The first-order chi connectivity index (χ1) is 15.2. The molecule has 6 nitrogen and oxygen atoms in total. The summed E-state index contributed by atoms with van der Waals surface area (Å²) in [5.74, 6) is 1.00. The third-order valence-corrected chi connectivity index (χ3v) is 7.23. The van der Waals surface area contributed by atoms with E-state index in [1.807, 2.05) is 18.4 Å². The molecular weight excluding hydrogens is 531 g/mol. The first-order valence-electron chi connectivity index (χ1n) is 11.4. The molecule has 2 aliphatic heterocycles. The van der Waals surface area contributed by atoms with E-state index < -0.39 is 0 Å². The van der Waals surface area contributed by atoms with E-state index in [1.54, 1.807) is 0 Å². The molecule has 0 unspecified atom stereocenters. The minimum Gasteiger partial charge on any atom is -0.360 e. The lowest BCUT2D eigenvalue weighted by molar-refractivity contribution is 0.269. The van der Waals surface area contributed by atoms with E-state index in [9.17, 15) is 0 Å². The molecule has 0 atom stereocenters. The van der Waals surface area contributed by atoms with Gasteiger partial charge in [0.05, 0.1) is 5.00 Å². The number of anilines is 1. The number of benzene rings is 1. The first-order valence-corrected chi connectivity index (χ1v) is 12.3. The molecule has 1 aromatic heterocycles. The second kappa shape index (κ2) is 12.8. The molecule has 2 aromatic rings. The predicted octanol–water partition coefficient (Wildman–Crippen LogP) is 3.40. The molecule has 3 heterocycles. The molecule has 2 fully saturated rings. The Bertz CT molecular complexity index is 818. The molecule has 0 spiro atoms. The lowest BCUT2D eigenvalue weighted by atomic mass is 10.1. The number of hydrogen-bond acceptors (Lipinski definition) is 5. The van der Waals surface area contributed by atoms with E-state index in [-0.39, 0.29) is 24.0 Å². The number of thiophene rings is 1. The summed E-state index contributed by atoms with van der Waals surface area (Å²) in [6.45, 7) is 10.7. The minimum atomic E-state index is 0. The van der Waals surface area contributed by atoms with Crippen molar-refractivity contribution in [2.75, 3.05) is 71.4 Å². The van der Waals surface area contributed by atoms with Crippen LogP contribution in [0.15, 0.2) is 46.8 Å². The lowest BCUT2D eigenvalue weighted by Gasteiger charge is -2.37. The van der Waals surface area contributed by atoms with Crippen molar-refractivity contribution >= 4 is 46.3 Å². The van der Waals surface area contributed by atoms with Crippen LogP contribution >= 0.6 is 35.3 Å². The van der Waals surface area contributed by atoms with Crippen LogP contribution in [0.4, 0.5) is 5.00 Å². The van der Waals surface area contributed by atoms with Crippen LogP contribution in [-0.4, -0.2) is 87.1 Å². The standard InChI is InChI=1S/C24H36N6S.HI/c1-25-24(30-16-14-29(15-17-30)23-5-3-18-31-23)26-19-21-6-8-22(9-7-21)20-28-11-4-10-27(2)12-13-28;/h3,5-9,18H,4,10-17,19-20H2,1-2H3,(H,25,26);1H. The topological polar surface area (TPSA) is 37.4 Å². The highest BCUT2D eigenvalue weighted by molar-refractivity contribution is 14.0. The van der Waals surface area contributed by atoms with Crippen LogP contribution in [-0.2, 0) is 13.1 Å². The molecule has 4 rings (SSSR count). The van der Waals surface area contributed by atoms with Crippen LogP contribution in [0.5, 0.6) is 0 Å². The van der Waals surface area contributed by atoms with Gasteiger partial charge in [-0.05, 0) is 55.2 Å². The summed E-state index contributed by atoms with van der Waals surface area (Å²) in [6.07, 6.45) is 1.26. The van der Waals surface area contributed by atoms with Gasteiger partial charge in [-0.15, -0.1) is 35.3 Å². The van der Waals surface area contributed by atoms with Crippen LogP contribution < -0.4 is 10.2 Å². The van der Waals surface area contributed by atoms with Crippen molar-refractivity contribution in [2.24, 2.45) is 4.99 Å². The number of rotatable bonds is 5. The fourth-order valence-corrected chi connectivity index (χ4v) is 5.17. The van der Waals surface area contributed by atoms with Crippen molar-refractivity contribution in [1.29, 1.82) is 0 Å². The average Bonchev–Trinajstić information content (AvgIpc) is 3.26. The molecule has 176 valence electrons. The molecule has 0 saturated carbocycles. The maximum atomic E-state index is 4.53. The van der Waals surface area contributed by atoms with E-state index in [0.717, 1.165) is 51.8 Å². The fourth-order valence-electron chi connectivity index (χ4n) is 4.38. The van der Waals surface area contributed by atoms with Gasteiger partial charge in [-0.25, -0.2) is 0 Å². The number of halogens is 1. The van der Waals surface area contributed by atoms with Gasteiger partial charge < -0.3 is 20.0 Å². The molecule has 2 saturated heterocycles. The van der Waals surface area contributed by atoms with E-state index in [0.29, 0.717) is 0 Å². The average molecular weight is 569 g/mol. The summed E-state index contributed by atoms with van der Waals surface area (Å²) in [4.78, 5) is 14.4. The van der Waals surface area contributed by atoms with Gasteiger partial charge in [-0.1, -0.05) is 24.3 Å². The van der Waals surface area contributed by atoms with Gasteiger partial charge in [-0.2, -0.15) is 0 Å². The Balaban J connectivity index is 0.00000289. The van der Waals surface area contributed by atoms with Crippen LogP contribution in [0.3, 0.4) is 0 Å². The smallest absolute Gasteiger partial charge is 0.194 e. The van der Waals surface area contributed by atoms with E-state index in [4.69, 9.17) is 0 Å². The molecule has 0 amide bonds. The van der Waals surface area contributed by atoms with E-state index in [1.165, 1.54) is 42.2 Å². The van der Waals surface area contributed by atoms with Crippen molar-refractivity contribution < 1.29 is 0 Å². The number of nitrogens with one attached hydrogen (secondary N) is 1. The van der Waals surface area contributed by atoms with E-state index in [2.05, 4.69) is 78.7 Å². The lowest BCUT2D eigenvalue weighted by Crippen LogP contribution is -2.52. The molecule has 2 aliphatic rings. The number of aliphatic imine (C=N–C) groups is 1. The molecular formula is C24H37IN6S. The normalized spacial score (nSPS) is 18.9. The van der Waals surface area contributed by atoms with Crippen LogP contribution in [0.2, 0.25) is 0 Å². The Morgan fingerprint density at radius 2 is 1.69 bits per heavy atom. The minimum absolute atomic E-state index is 0. The number of piperazine rings is 1. The van der Waals surface area contributed by atoms with Crippen LogP contribution in [0, 0.1) is 0 Å². The van der Waals surface area contributed by atoms with Gasteiger partial charge in [0.15, 0.2) is 5.96 Å². The first kappa shape index (κ1) is 25.3. The predicted molar refractivity (Wildman–Crippen MR) is 148 cm³/mol.